The number of ether oxygens (including phenoxy) is 3. The summed E-state index contributed by atoms with van der Waals surface area (Å²) >= 11 is 0. The minimum absolute atomic E-state index is 0.0595. The minimum atomic E-state index is -1.63. The fraction of sp³-hybridized carbons (Fsp3) is 0.302. The molecule has 6 aliphatic rings. The van der Waals surface area contributed by atoms with Crippen LogP contribution in [0.4, 0.5) is 5.69 Å². The summed E-state index contributed by atoms with van der Waals surface area (Å²) in [5.74, 6) is 5.89. The first-order valence-electron chi connectivity index (χ1n) is 22.3. The van der Waals surface area contributed by atoms with Crippen molar-refractivity contribution in [2.75, 3.05) is 38.3 Å². The second-order valence-corrected chi connectivity index (χ2v) is 17.6. The number of amides is 2. The Balaban J connectivity index is 1.06. The molecule has 0 radical (unpaired) electrons. The lowest BCUT2D eigenvalue weighted by molar-refractivity contribution is -0.179. The molecule has 5 aromatic carbocycles. The van der Waals surface area contributed by atoms with Gasteiger partial charge in [0.1, 0.15) is 23.3 Å². The average Bonchev–Trinajstić information content (AvgIpc) is 4.02. The highest BCUT2D eigenvalue weighted by molar-refractivity contribution is 6.12. The number of nitrogens with one attached hydrogen (secondary N) is 1. The molecular weight excluding hydrogens is 805 g/mol. The molecule has 5 aromatic rings. The van der Waals surface area contributed by atoms with Gasteiger partial charge in [0, 0.05) is 44.0 Å². The van der Waals surface area contributed by atoms with Gasteiger partial charge in [0.05, 0.1) is 18.0 Å². The van der Waals surface area contributed by atoms with Gasteiger partial charge in [-0.15, -0.1) is 0 Å². The second kappa shape index (κ2) is 16.4. The Bertz CT molecular complexity index is 2720. The van der Waals surface area contributed by atoms with E-state index in [1.165, 1.54) is 0 Å². The van der Waals surface area contributed by atoms with Crippen molar-refractivity contribution in [1.29, 1.82) is 0 Å². The number of allylic oxidation sites excluding steroid dienone is 2. The molecule has 0 unspecified atom stereocenters. The van der Waals surface area contributed by atoms with Gasteiger partial charge in [0.15, 0.2) is 11.5 Å². The van der Waals surface area contributed by atoms with Crippen molar-refractivity contribution >= 4 is 23.5 Å². The highest BCUT2D eigenvalue weighted by Crippen LogP contribution is 2.65. The molecule has 3 fully saturated rings. The third-order valence-corrected chi connectivity index (χ3v) is 14.0. The second-order valence-electron chi connectivity index (χ2n) is 17.6. The fourth-order valence-electron chi connectivity index (χ4n) is 11.0. The molecule has 6 atom stereocenters. The predicted molar refractivity (Wildman–Crippen MR) is 239 cm³/mol. The number of carbonyl (C=O) groups is 3. The fourth-order valence-corrected chi connectivity index (χ4v) is 11.0. The number of carbonyl (C=O) groups excluding carboxylic acids is 3. The lowest BCUT2D eigenvalue weighted by Gasteiger charge is -2.46. The number of fused-ring (bicyclic) bond motifs is 4. The summed E-state index contributed by atoms with van der Waals surface area (Å²) in [4.78, 5) is 53.0. The highest BCUT2D eigenvalue weighted by atomic mass is 16.7. The van der Waals surface area contributed by atoms with Gasteiger partial charge in [-0.1, -0.05) is 96.8 Å². The molecule has 64 heavy (non-hydrogen) atoms. The molecule has 5 aliphatic heterocycles. The van der Waals surface area contributed by atoms with E-state index in [2.05, 4.69) is 33.0 Å². The maximum Gasteiger partial charge on any atom is 0.324 e. The Morgan fingerprint density at radius 1 is 0.766 bits per heavy atom. The molecule has 11 heteroatoms. The number of esters is 1. The normalized spacial score (nSPS) is 26.0. The van der Waals surface area contributed by atoms with Crippen molar-refractivity contribution in [2.24, 2.45) is 5.92 Å². The van der Waals surface area contributed by atoms with Gasteiger partial charge in [-0.3, -0.25) is 24.2 Å². The number of hydrogen-bond donors (Lipinski definition) is 2. The van der Waals surface area contributed by atoms with Gasteiger partial charge in [0.2, 0.25) is 18.6 Å². The van der Waals surface area contributed by atoms with Crippen LogP contribution in [0.5, 0.6) is 17.2 Å². The lowest BCUT2D eigenvalue weighted by atomic mass is 9.65. The number of phenols is 1. The number of aromatic hydroxyl groups is 1. The zero-order chi connectivity index (χ0) is 43.4. The number of benzene rings is 5. The van der Waals surface area contributed by atoms with Crippen LogP contribution < -0.4 is 14.8 Å². The number of hydrogen-bond acceptors (Lipinski definition) is 9. The van der Waals surface area contributed by atoms with E-state index in [1.54, 1.807) is 12.1 Å². The van der Waals surface area contributed by atoms with Crippen molar-refractivity contribution in [1.82, 2.24) is 14.7 Å². The first-order chi connectivity index (χ1) is 31.4. The van der Waals surface area contributed by atoms with Gasteiger partial charge < -0.3 is 29.5 Å². The largest absolute Gasteiger partial charge is 0.508 e. The molecule has 2 N–H and O–H groups in total. The van der Waals surface area contributed by atoms with Crippen LogP contribution in [-0.2, 0) is 31.1 Å². The van der Waals surface area contributed by atoms with E-state index in [1.807, 2.05) is 114 Å². The minimum Gasteiger partial charge on any atom is -0.508 e. The molecule has 322 valence electrons. The van der Waals surface area contributed by atoms with Crippen LogP contribution in [0.25, 0.3) is 0 Å². The maximum atomic E-state index is 15.9. The standard InChI is InChI=1S/C53H48N4O7/c58-40-22-20-39(21-23-40)49-53(41-30-35(18-24-42(41)54-52(53)61)17-16-34-10-4-1-5-11-34)45(50(59)56-28-26-55(27-29-56)32-36-19-25-43-44(31-36)63-33-62-43)47-51(60)64-48(38-14-8-3-9-15-38)46(57(47)49)37-12-6-2-7-13-37/h2-3,6-10,12-15,18-25,30-31,45-49,58H,1,4-5,11,26-29,32-33H2,(H,54,61)/t45-,46-,47-,48+,49+,53-/m0/s1. The summed E-state index contributed by atoms with van der Waals surface area (Å²) in [6.45, 7) is 2.82. The highest BCUT2D eigenvalue weighted by Gasteiger charge is 2.74. The summed E-state index contributed by atoms with van der Waals surface area (Å²) in [6.07, 6.45) is 5.60. The lowest BCUT2D eigenvalue weighted by Crippen LogP contribution is -2.58. The van der Waals surface area contributed by atoms with Crippen molar-refractivity contribution in [3.63, 3.8) is 0 Å². The third-order valence-electron chi connectivity index (χ3n) is 14.0. The summed E-state index contributed by atoms with van der Waals surface area (Å²) in [7, 11) is 0. The van der Waals surface area contributed by atoms with Gasteiger partial charge >= 0.3 is 5.97 Å². The monoisotopic (exact) mass is 852 g/mol. The van der Waals surface area contributed by atoms with Gasteiger partial charge in [-0.2, -0.15) is 0 Å². The number of morpholine rings is 1. The van der Waals surface area contributed by atoms with Crippen molar-refractivity contribution in [2.45, 2.75) is 61.9 Å². The van der Waals surface area contributed by atoms with E-state index in [-0.39, 0.29) is 24.4 Å². The Labute approximate surface area is 372 Å². The Morgan fingerprint density at radius 2 is 1.52 bits per heavy atom. The van der Waals surface area contributed by atoms with E-state index in [9.17, 15) is 5.11 Å². The topological polar surface area (TPSA) is 121 Å². The molecule has 2 amide bonds. The van der Waals surface area contributed by atoms with E-state index in [0.717, 1.165) is 59.4 Å². The van der Waals surface area contributed by atoms with Crippen LogP contribution in [0, 0.1) is 17.8 Å². The Morgan fingerprint density at radius 3 is 2.27 bits per heavy atom. The average molecular weight is 853 g/mol. The smallest absolute Gasteiger partial charge is 0.324 e. The van der Waals surface area contributed by atoms with Crippen molar-refractivity contribution < 1.29 is 33.7 Å². The molecular formula is C53H48N4O7. The van der Waals surface area contributed by atoms with Gasteiger partial charge in [-0.25, -0.2) is 0 Å². The summed E-state index contributed by atoms with van der Waals surface area (Å²) < 4.78 is 17.8. The molecule has 0 aromatic heterocycles. The summed E-state index contributed by atoms with van der Waals surface area (Å²) in [5, 5.41) is 13.9. The molecule has 11 rings (SSSR count). The van der Waals surface area contributed by atoms with Crippen LogP contribution in [-0.4, -0.2) is 76.6 Å². The van der Waals surface area contributed by atoms with E-state index in [4.69, 9.17) is 14.2 Å². The van der Waals surface area contributed by atoms with Crippen LogP contribution >= 0.6 is 0 Å². The zero-order valence-electron chi connectivity index (χ0n) is 35.3. The number of piperazine rings is 1. The Kier molecular flexibility index (Phi) is 10.2. The first-order valence-corrected chi connectivity index (χ1v) is 22.3. The first kappa shape index (κ1) is 39.9. The third kappa shape index (κ3) is 6.80. The predicted octanol–water partition coefficient (Wildman–Crippen LogP) is 7.59. The van der Waals surface area contributed by atoms with Crippen LogP contribution in [0.2, 0.25) is 0 Å². The zero-order valence-corrected chi connectivity index (χ0v) is 35.3. The van der Waals surface area contributed by atoms with Crippen LogP contribution in [0.15, 0.2) is 133 Å². The van der Waals surface area contributed by atoms with Crippen LogP contribution in [0.3, 0.4) is 0 Å². The Hall–Kier alpha value is -6.87. The maximum absolute atomic E-state index is 15.9. The summed E-state index contributed by atoms with van der Waals surface area (Å²) in [5.41, 5.74) is 4.80. The molecule has 1 aliphatic carbocycles. The number of anilines is 1. The van der Waals surface area contributed by atoms with Crippen molar-refractivity contribution in [3.8, 4) is 29.1 Å². The number of phenolic OH excluding ortho intramolecular Hbond substituents is 1. The van der Waals surface area contributed by atoms with E-state index >= 15 is 14.4 Å². The number of cyclic esters (lactones) is 1. The quantitative estimate of drug-likeness (QED) is 0.132. The van der Waals surface area contributed by atoms with Gasteiger partial charge in [0.25, 0.3) is 0 Å². The molecule has 11 nitrogen and oxygen atoms in total. The SMILES string of the molecule is O=C1O[C@H](c2ccccc2)[C@H](c2ccccc2)N2[C@H]1[C@@H](C(=O)N1CCN(Cc3ccc4c(c3)OCO4)CC1)[C@]1(C(=O)Nc3ccc(C#CC4=CCCCC4)cc31)[C@H]2c1ccc(O)cc1. The van der Waals surface area contributed by atoms with E-state index < -0.39 is 41.5 Å². The van der Waals surface area contributed by atoms with Gasteiger partial charge in [-0.05, 0) is 102 Å². The summed E-state index contributed by atoms with van der Waals surface area (Å²) in [6, 6.07) is 35.5. The molecule has 5 heterocycles. The molecule has 3 saturated heterocycles. The van der Waals surface area contributed by atoms with Crippen LogP contribution in [0.1, 0.15) is 77.3 Å². The molecule has 1 spiro atoms. The number of nitrogens with zero attached hydrogens (tertiary/aromatic N) is 3. The molecule has 0 saturated carbocycles. The van der Waals surface area contributed by atoms with Crippen molar-refractivity contribution in [3.05, 3.63) is 166 Å². The number of rotatable bonds is 6. The molecule has 0 bridgehead atoms. The van der Waals surface area contributed by atoms with E-state index in [0.29, 0.717) is 55.1 Å².